The molecule has 8 heteroatoms. The van der Waals surface area contributed by atoms with E-state index < -0.39 is 11.2 Å². The standard InChI is InChI=1S/C5H10BN2O3PS/c1-7-4(9)2-3(5(10)11)13-6-8-12/h3H,2,12H2,1H3,(H,7,9)(H,10,11). The molecule has 0 aromatic carbocycles. The van der Waals surface area contributed by atoms with Gasteiger partial charge in [0, 0.05) is 0 Å². The minimum atomic E-state index is -1.02. The van der Waals surface area contributed by atoms with Gasteiger partial charge in [0.1, 0.15) is 0 Å². The van der Waals surface area contributed by atoms with E-state index in [1.54, 1.807) is 0 Å². The van der Waals surface area contributed by atoms with Gasteiger partial charge in [-0.1, -0.05) is 0 Å². The second-order valence-electron chi connectivity index (χ2n) is 2.09. The molecule has 13 heavy (non-hydrogen) atoms. The van der Waals surface area contributed by atoms with Crippen LogP contribution in [-0.2, 0) is 9.59 Å². The van der Waals surface area contributed by atoms with E-state index in [9.17, 15) is 9.59 Å². The van der Waals surface area contributed by atoms with Crippen LogP contribution >= 0.6 is 21.0 Å². The molecule has 0 aliphatic carbocycles. The van der Waals surface area contributed by atoms with Gasteiger partial charge in [-0.05, 0) is 0 Å². The van der Waals surface area contributed by atoms with Gasteiger partial charge in [-0.25, -0.2) is 0 Å². The zero-order chi connectivity index (χ0) is 10.3. The van der Waals surface area contributed by atoms with Crippen LogP contribution in [-0.4, -0.2) is 35.6 Å². The number of nitrogens with zero attached hydrogens (tertiary/aromatic N) is 1. The molecule has 0 heterocycles. The van der Waals surface area contributed by atoms with Crippen LogP contribution in [0, 0.1) is 0 Å². The molecular weight excluding hydrogens is 210 g/mol. The van der Waals surface area contributed by atoms with Gasteiger partial charge in [0.05, 0.1) is 0 Å². The van der Waals surface area contributed by atoms with E-state index in [4.69, 9.17) is 5.11 Å². The van der Waals surface area contributed by atoms with E-state index in [0.29, 0.717) is 0 Å². The SMILES string of the molecule is CNC(=O)CC(SB=NP)C(=O)O. The summed E-state index contributed by atoms with van der Waals surface area (Å²) in [5, 5.41) is 10.3. The Hall–Kier alpha value is -0.415. The predicted molar refractivity (Wildman–Crippen MR) is 55.6 cm³/mol. The Morgan fingerprint density at radius 2 is 2.38 bits per heavy atom. The van der Waals surface area contributed by atoms with Gasteiger partial charge >= 0.3 is 82.6 Å². The van der Waals surface area contributed by atoms with Crippen LogP contribution in [0.5, 0.6) is 0 Å². The van der Waals surface area contributed by atoms with Gasteiger partial charge in [-0.2, -0.15) is 0 Å². The topological polar surface area (TPSA) is 78.8 Å². The van der Waals surface area contributed by atoms with E-state index in [0.717, 1.165) is 11.6 Å². The Kier molecular flexibility index (Phi) is 6.81. The summed E-state index contributed by atoms with van der Waals surface area (Å²) < 4.78 is 3.55. The van der Waals surface area contributed by atoms with E-state index in [1.165, 1.54) is 13.4 Å². The maximum atomic E-state index is 10.9. The zero-order valence-corrected chi connectivity index (χ0v) is 9.03. The second kappa shape index (κ2) is 7.03. The summed E-state index contributed by atoms with van der Waals surface area (Å²) in [4.78, 5) is 21.4. The molecule has 0 radical (unpaired) electrons. The fourth-order valence-corrected chi connectivity index (χ4v) is 1.36. The van der Waals surface area contributed by atoms with Crippen LogP contribution in [0.4, 0.5) is 0 Å². The molecule has 0 bridgehead atoms. The monoisotopic (exact) mass is 220 g/mol. The molecule has 0 aromatic rings. The first-order valence-electron chi connectivity index (χ1n) is 3.42. The summed E-state index contributed by atoms with van der Waals surface area (Å²) in [7, 11) is 3.56. The molecule has 0 rings (SSSR count). The third-order valence-electron chi connectivity index (χ3n) is 1.21. The van der Waals surface area contributed by atoms with Crippen molar-refractivity contribution in [3.63, 3.8) is 0 Å². The number of aliphatic carboxylic acids is 1. The van der Waals surface area contributed by atoms with Crippen LogP contribution in [0.2, 0.25) is 0 Å². The Morgan fingerprint density at radius 3 is 2.77 bits per heavy atom. The van der Waals surface area contributed by atoms with E-state index >= 15 is 0 Å². The van der Waals surface area contributed by atoms with Crippen molar-refractivity contribution in [3.05, 3.63) is 0 Å². The van der Waals surface area contributed by atoms with Crippen molar-refractivity contribution in [3.8, 4) is 0 Å². The summed E-state index contributed by atoms with van der Waals surface area (Å²) in [6.45, 7) is 0. The number of carbonyl (C=O) groups excluding carboxylic acids is 1. The van der Waals surface area contributed by atoms with Crippen molar-refractivity contribution in [2.45, 2.75) is 11.7 Å². The van der Waals surface area contributed by atoms with Crippen LogP contribution in [0.15, 0.2) is 4.67 Å². The number of nitrogens with one attached hydrogen (secondary N) is 1. The molecule has 2 unspecified atom stereocenters. The Balaban J connectivity index is 4.09. The fourth-order valence-electron chi connectivity index (χ4n) is 0.573. The number of hydrogen-bond donors (Lipinski definition) is 2. The van der Waals surface area contributed by atoms with E-state index in [1.807, 2.05) is 0 Å². The number of carboxylic acids is 1. The Labute approximate surface area is 83.2 Å². The van der Waals surface area contributed by atoms with Crippen molar-refractivity contribution in [2.24, 2.45) is 4.67 Å². The summed E-state index contributed by atoms with van der Waals surface area (Å²) in [5.74, 6) is -1.31. The predicted octanol–water partition coefficient (Wildman–Crippen LogP) is -0.0982. The van der Waals surface area contributed by atoms with E-state index in [2.05, 4.69) is 19.4 Å². The molecule has 0 aromatic heterocycles. The van der Waals surface area contributed by atoms with Crippen molar-refractivity contribution < 1.29 is 14.7 Å². The number of rotatable bonds is 5. The van der Waals surface area contributed by atoms with E-state index in [-0.39, 0.29) is 12.3 Å². The molecule has 0 spiro atoms. The Morgan fingerprint density at radius 1 is 1.77 bits per heavy atom. The summed E-state index contributed by atoms with van der Waals surface area (Å²) in [6, 6.07) is 0. The summed E-state index contributed by atoms with van der Waals surface area (Å²) in [5.41, 5.74) is 0. The molecule has 1 amide bonds. The van der Waals surface area contributed by atoms with Gasteiger partial charge in [-0.15, -0.1) is 0 Å². The maximum absolute atomic E-state index is 10.9. The molecule has 2 atom stereocenters. The molecule has 0 aliphatic heterocycles. The fraction of sp³-hybridized carbons (Fsp3) is 0.600. The van der Waals surface area contributed by atoms with Crippen molar-refractivity contribution >= 4 is 39.2 Å². The van der Waals surface area contributed by atoms with Gasteiger partial charge in [0.15, 0.2) is 0 Å². The van der Waals surface area contributed by atoms with Crippen LogP contribution < -0.4 is 5.32 Å². The normalized spacial score (nSPS) is 12.2. The first-order chi connectivity index (χ1) is 6.11. The average molecular weight is 220 g/mol. The van der Waals surface area contributed by atoms with Crippen molar-refractivity contribution in [1.82, 2.24) is 5.32 Å². The second-order valence-corrected chi connectivity index (χ2v) is 3.44. The third kappa shape index (κ3) is 5.77. The summed E-state index contributed by atoms with van der Waals surface area (Å²) in [6.07, 6.45) is 1.33. The molecule has 0 aliphatic rings. The number of amides is 1. The minimum absolute atomic E-state index is 0.0484. The number of carboxylic acid groups (broad SMARTS) is 1. The van der Waals surface area contributed by atoms with Gasteiger partial charge in [-0.3, -0.25) is 0 Å². The van der Waals surface area contributed by atoms with Crippen LogP contribution in [0.25, 0.3) is 0 Å². The molecule has 2 N–H and O–H groups in total. The van der Waals surface area contributed by atoms with Crippen LogP contribution in [0.1, 0.15) is 6.42 Å². The van der Waals surface area contributed by atoms with Crippen molar-refractivity contribution in [2.75, 3.05) is 7.05 Å². The molecule has 5 nitrogen and oxygen atoms in total. The quantitative estimate of drug-likeness (QED) is 0.500. The number of carbonyl (C=O) groups is 2. The molecule has 0 saturated heterocycles. The van der Waals surface area contributed by atoms with Crippen molar-refractivity contribution in [1.29, 1.82) is 0 Å². The molecule has 72 valence electrons. The number of hydrogen-bond acceptors (Lipinski definition) is 4. The first-order valence-corrected chi connectivity index (χ1v) is 4.88. The van der Waals surface area contributed by atoms with Gasteiger partial charge in [0.2, 0.25) is 0 Å². The first kappa shape index (κ1) is 12.6. The third-order valence-corrected chi connectivity index (χ3v) is 2.52. The Bertz CT molecular complexity index is 226. The van der Waals surface area contributed by atoms with Gasteiger partial charge in [0.25, 0.3) is 0 Å². The average Bonchev–Trinajstić information content (AvgIpc) is 2.11. The summed E-state index contributed by atoms with van der Waals surface area (Å²) >= 11 is 1.00. The van der Waals surface area contributed by atoms with Gasteiger partial charge < -0.3 is 0 Å². The zero-order valence-electron chi connectivity index (χ0n) is 7.06. The molecule has 0 fully saturated rings. The molecule has 0 saturated carbocycles. The molecular formula is C5H10BN2O3PS. The van der Waals surface area contributed by atoms with Crippen LogP contribution in [0.3, 0.4) is 0 Å².